The predicted octanol–water partition coefficient (Wildman–Crippen LogP) is 4.39. The molecule has 1 saturated carbocycles. The van der Waals surface area contributed by atoms with Gasteiger partial charge in [0.1, 0.15) is 5.58 Å². The molecule has 25 heavy (non-hydrogen) atoms. The minimum absolute atomic E-state index is 0.0416. The van der Waals surface area contributed by atoms with Crippen molar-refractivity contribution in [3.05, 3.63) is 35.6 Å². The second kappa shape index (κ2) is 9.04. The molecule has 0 aliphatic heterocycles. The highest BCUT2D eigenvalue weighted by molar-refractivity contribution is 5.87. The molecule has 4 nitrogen and oxygen atoms in total. The lowest BCUT2D eigenvalue weighted by atomic mass is 9.98. The molecular weight excluding hydrogens is 314 g/mol. The van der Waals surface area contributed by atoms with Gasteiger partial charge in [0.2, 0.25) is 5.91 Å². The first-order valence-electron chi connectivity index (χ1n) is 9.63. The monoisotopic (exact) mass is 343 g/mol. The van der Waals surface area contributed by atoms with Crippen molar-refractivity contribution in [1.82, 2.24) is 5.32 Å². The van der Waals surface area contributed by atoms with Crippen LogP contribution < -0.4 is 5.32 Å². The smallest absolute Gasteiger partial charge is 0.224 e. The molecule has 0 atom stereocenters. The van der Waals surface area contributed by atoms with E-state index in [1.54, 1.807) is 6.26 Å². The Kier molecular flexibility index (Phi) is 6.51. The van der Waals surface area contributed by atoms with Crippen molar-refractivity contribution in [3.8, 4) is 0 Å². The molecule has 0 spiro atoms. The van der Waals surface area contributed by atoms with Crippen LogP contribution in [0.4, 0.5) is 0 Å². The van der Waals surface area contributed by atoms with Gasteiger partial charge in [-0.3, -0.25) is 4.79 Å². The van der Waals surface area contributed by atoms with Gasteiger partial charge < -0.3 is 14.5 Å². The van der Waals surface area contributed by atoms with Gasteiger partial charge in [-0.2, -0.15) is 0 Å². The molecule has 3 rings (SSSR count). The third-order valence-corrected chi connectivity index (χ3v) is 5.03. The van der Waals surface area contributed by atoms with E-state index in [2.05, 4.69) is 30.4 Å². The number of carbonyl (C=O) groups is 1. The zero-order chi connectivity index (χ0) is 17.5. The van der Waals surface area contributed by atoms with E-state index in [4.69, 9.17) is 9.15 Å². The van der Waals surface area contributed by atoms with Crippen molar-refractivity contribution in [2.75, 3.05) is 13.2 Å². The molecule has 0 unspecified atom stereocenters. The van der Waals surface area contributed by atoms with Crippen molar-refractivity contribution in [2.24, 2.45) is 0 Å². The van der Waals surface area contributed by atoms with E-state index in [1.165, 1.54) is 37.7 Å². The lowest BCUT2D eigenvalue weighted by Crippen LogP contribution is -2.27. The van der Waals surface area contributed by atoms with Crippen LogP contribution in [0.25, 0.3) is 11.0 Å². The molecular formula is C21H29NO3. The summed E-state index contributed by atoms with van der Waals surface area (Å²) in [6.07, 6.45) is 10.7. The van der Waals surface area contributed by atoms with Crippen molar-refractivity contribution in [3.63, 3.8) is 0 Å². The molecule has 1 aromatic heterocycles. The zero-order valence-corrected chi connectivity index (χ0v) is 15.2. The first kappa shape index (κ1) is 18.0. The van der Waals surface area contributed by atoms with E-state index in [0.29, 0.717) is 19.1 Å². The van der Waals surface area contributed by atoms with Crippen LogP contribution in [0.2, 0.25) is 0 Å². The molecule has 1 aromatic carbocycles. The van der Waals surface area contributed by atoms with Crippen LogP contribution in [0.3, 0.4) is 0 Å². The van der Waals surface area contributed by atoms with E-state index >= 15 is 0 Å². The van der Waals surface area contributed by atoms with E-state index in [1.807, 2.05) is 0 Å². The molecule has 1 aliphatic carbocycles. The van der Waals surface area contributed by atoms with E-state index in [9.17, 15) is 4.79 Å². The first-order valence-corrected chi connectivity index (χ1v) is 9.63. The summed E-state index contributed by atoms with van der Waals surface area (Å²) in [5, 5.41) is 4.02. The fraction of sp³-hybridized carbons (Fsp3) is 0.571. The number of aryl methyl sites for hydroxylation is 1. The lowest BCUT2D eigenvalue weighted by molar-refractivity contribution is -0.120. The number of ether oxygens (including phenoxy) is 1. The number of hydrogen-bond acceptors (Lipinski definition) is 3. The summed E-state index contributed by atoms with van der Waals surface area (Å²) in [5.41, 5.74) is 3.06. The first-order chi connectivity index (χ1) is 12.3. The van der Waals surface area contributed by atoms with Crippen LogP contribution in [0.1, 0.15) is 56.6 Å². The van der Waals surface area contributed by atoms with E-state index in [-0.39, 0.29) is 5.91 Å². The predicted molar refractivity (Wildman–Crippen MR) is 99.7 cm³/mol. The Morgan fingerprint density at radius 1 is 1.28 bits per heavy atom. The molecule has 0 bridgehead atoms. The molecule has 1 fully saturated rings. The lowest BCUT2D eigenvalue weighted by Gasteiger charge is -2.21. The van der Waals surface area contributed by atoms with Gasteiger partial charge in [-0.15, -0.1) is 0 Å². The van der Waals surface area contributed by atoms with Gasteiger partial charge in [0.05, 0.1) is 18.8 Å². The summed E-state index contributed by atoms with van der Waals surface area (Å²) in [6, 6.07) is 6.21. The fourth-order valence-electron chi connectivity index (χ4n) is 3.50. The highest BCUT2D eigenvalue weighted by Crippen LogP contribution is 2.23. The molecule has 1 heterocycles. The van der Waals surface area contributed by atoms with Crippen LogP contribution in [0, 0.1) is 0 Å². The molecule has 1 aliphatic rings. The second-order valence-electron chi connectivity index (χ2n) is 6.96. The second-order valence-corrected chi connectivity index (χ2v) is 6.96. The molecule has 0 saturated heterocycles. The van der Waals surface area contributed by atoms with E-state index in [0.717, 1.165) is 36.0 Å². The molecule has 0 radical (unpaired) electrons. The highest BCUT2D eigenvalue weighted by Gasteiger charge is 2.13. The minimum Gasteiger partial charge on any atom is -0.464 e. The number of carbonyl (C=O) groups excluding carboxylic acids is 1. The maximum atomic E-state index is 12.1. The van der Waals surface area contributed by atoms with Crippen LogP contribution in [-0.2, 0) is 22.4 Å². The van der Waals surface area contributed by atoms with Crippen LogP contribution >= 0.6 is 0 Å². The standard InChI is InChI=1S/C21H29NO3/c1-2-16-9-10-19-17(15-25-20(19)13-16)14-21(23)22-11-6-12-24-18-7-4-3-5-8-18/h9-10,13,15,18H,2-8,11-12,14H2,1H3,(H,22,23). The molecule has 2 aromatic rings. The molecule has 1 amide bonds. The van der Waals surface area contributed by atoms with Crippen LogP contribution in [0.5, 0.6) is 0 Å². The maximum Gasteiger partial charge on any atom is 0.224 e. The number of fused-ring (bicyclic) bond motifs is 1. The fourth-order valence-corrected chi connectivity index (χ4v) is 3.50. The summed E-state index contributed by atoms with van der Waals surface area (Å²) < 4.78 is 11.5. The van der Waals surface area contributed by atoms with Gasteiger partial charge in [0, 0.05) is 24.1 Å². The number of rotatable bonds is 8. The molecule has 136 valence electrons. The third-order valence-electron chi connectivity index (χ3n) is 5.03. The molecule has 4 heteroatoms. The van der Waals surface area contributed by atoms with E-state index < -0.39 is 0 Å². The summed E-state index contributed by atoms with van der Waals surface area (Å²) in [7, 11) is 0. The number of furan rings is 1. The highest BCUT2D eigenvalue weighted by atomic mass is 16.5. The Balaban J connectivity index is 1.39. The van der Waals surface area contributed by atoms with Gasteiger partial charge in [0.25, 0.3) is 0 Å². The summed E-state index contributed by atoms with van der Waals surface area (Å²) in [4.78, 5) is 12.1. The topological polar surface area (TPSA) is 51.5 Å². The normalized spacial score (nSPS) is 15.6. The Hall–Kier alpha value is -1.81. The van der Waals surface area contributed by atoms with Gasteiger partial charge in [-0.1, -0.05) is 38.3 Å². The number of benzene rings is 1. The van der Waals surface area contributed by atoms with Crippen LogP contribution in [0.15, 0.2) is 28.9 Å². The SMILES string of the molecule is CCc1ccc2c(CC(=O)NCCCOC3CCCCC3)coc2c1. The molecule has 1 N–H and O–H groups in total. The summed E-state index contributed by atoms with van der Waals surface area (Å²) in [6.45, 7) is 3.52. The van der Waals surface area contributed by atoms with Gasteiger partial charge >= 0.3 is 0 Å². The Morgan fingerprint density at radius 2 is 2.12 bits per heavy atom. The number of amides is 1. The maximum absolute atomic E-state index is 12.1. The largest absolute Gasteiger partial charge is 0.464 e. The summed E-state index contributed by atoms with van der Waals surface area (Å²) in [5.74, 6) is 0.0416. The summed E-state index contributed by atoms with van der Waals surface area (Å²) >= 11 is 0. The van der Waals surface area contributed by atoms with Gasteiger partial charge in [0.15, 0.2) is 0 Å². The van der Waals surface area contributed by atoms with Crippen molar-refractivity contribution >= 4 is 16.9 Å². The Bertz CT molecular complexity index is 686. The van der Waals surface area contributed by atoms with Crippen molar-refractivity contribution in [2.45, 2.75) is 64.4 Å². The van der Waals surface area contributed by atoms with Crippen molar-refractivity contribution < 1.29 is 13.9 Å². The van der Waals surface area contributed by atoms with Crippen LogP contribution in [-0.4, -0.2) is 25.2 Å². The quantitative estimate of drug-likeness (QED) is 0.723. The van der Waals surface area contributed by atoms with Crippen molar-refractivity contribution in [1.29, 1.82) is 0 Å². The Labute approximate surface area is 149 Å². The zero-order valence-electron chi connectivity index (χ0n) is 15.2. The average Bonchev–Trinajstić information content (AvgIpc) is 3.04. The average molecular weight is 343 g/mol. The minimum atomic E-state index is 0.0416. The van der Waals surface area contributed by atoms with Gasteiger partial charge in [-0.25, -0.2) is 0 Å². The van der Waals surface area contributed by atoms with Gasteiger partial charge in [-0.05, 0) is 37.3 Å². The Morgan fingerprint density at radius 3 is 2.92 bits per heavy atom. The number of nitrogens with one attached hydrogen (secondary N) is 1. The third kappa shape index (κ3) is 5.08. The number of hydrogen-bond donors (Lipinski definition) is 1.